The van der Waals surface area contributed by atoms with E-state index in [9.17, 15) is 0 Å². The molecular weight excluding hydrogens is 388 g/mol. The van der Waals surface area contributed by atoms with Gasteiger partial charge in [0, 0.05) is 5.02 Å². The molecule has 3 rings (SSSR count). The van der Waals surface area contributed by atoms with Gasteiger partial charge >= 0.3 is 0 Å². The van der Waals surface area contributed by atoms with Crippen molar-refractivity contribution in [2.24, 2.45) is 0 Å². The van der Waals surface area contributed by atoms with Gasteiger partial charge in [0.15, 0.2) is 0 Å². The summed E-state index contributed by atoms with van der Waals surface area (Å²) in [6, 6.07) is 23.1. The Morgan fingerprint density at radius 3 is 2.37 bits per heavy atom. The van der Waals surface area contributed by atoms with E-state index < -0.39 is 0 Å². The van der Waals surface area contributed by atoms with Crippen molar-refractivity contribution in [2.75, 3.05) is 0 Å². The quantitative estimate of drug-likeness (QED) is 0.316. The van der Waals surface area contributed by atoms with E-state index in [1.54, 1.807) is 0 Å². The maximum absolute atomic E-state index is 6.11. The second-order valence-corrected chi connectivity index (χ2v) is 8.99. The molecule has 0 bridgehead atoms. The van der Waals surface area contributed by atoms with Gasteiger partial charge in [-0.25, -0.2) is 0 Å². The van der Waals surface area contributed by atoms with E-state index in [1.807, 2.05) is 37.3 Å². The molecule has 30 heavy (non-hydrogen) atoms. The van der Waals surface area contributed by atoms with Crippen LogP contribution in [0.5, 0.6) is 11.5 Å². The van der Waals surface area contributed by atoms with Crippen LogP contribution in [0.25, 0.3) is 0 Å². The highest BCUT2D eigenvalue weighted by Gasteiger charge is 2.20. The molecule has 0 N–H and O–H groups in total. The predicted octanol–water partition coefficient (Wildman–Crippen LogP) is 8.47. The number of allylic oxidation sites excluding steroid dienone is 1. The summed E-state index contributed by atoms with van der Waals surface area (Å²) in [6.07, 6.45) is 6.18. The molecule has 0 aromatic heterocycles. The standard InChI is InChI=1S/C28H31ClO/c1-5-8-22-12-14-24(15-13-22)28(3,4)18-7-10-23-9-6-11-25(20-23)30-26-16-17-27(29)21(2)19-26/h5-6,9,11-17,19-20H,1,7-8,10,18H2,2-4H3. The number of ether oxygens (including phenoxy) is 1. The first-order valence-corrected chi connectivity index (χ1v) is 11.0. The maximum Gasteiger partial charge on any atom is 0.127 e. The summed E-state index contributed by atoms with van der Waals surface area (Å²) in [5.41, 5.74) is 5.19. The first kappa shape index (κ1) is 22.2. The molecule has 0 saturated heterocycles. The zero-order valence-electron chi connectivity index (χ0n) is 18.2. The molecule has 0 atom stereocenters. The number of benzene rings is 3. The van der Waals surface area contributed by atoms with Crippen LogP contribution >= 0.6 is 11.6 Å². The molecule has 2 heteroatoms. The van der Waals surface area contributed by atoms with Gasteiger partial charge in [-0.1, -0.05) is 67.9 Å². The number of aryl methyl sites for hydroxylation is 2. The molecular formula is C28H31ClO. The van der Waals surface area contributed by atoms with E-state index in [2.05, 4.69) is 62.9 Å². The lowest BCUT2D eigenvalue weighted by Gasteiger charge is -2.25. The Hall–Kier alpha value is -2.51. The number of halogens is 1. The SMILES string of the molecule is C=CCc1ccc(C(C)(C)CCCc2cccc(Oc3ccc(Cl)c(C)c3)c2)cc1. The highest BCUT2D eigenvalue weighted by Crippen LogP contribution is 2.30. The maximum atomic E-state index is 6.11. The molecule has 0 unspecified atom stereocenters. The number of hydrogen-bond donors (Lipinski definition) is 0. The van der Waals surface area contributed by atoms with Crippen LogP contribution in [0.4, 0.5) is 0 Å². The summed E-state index contributed by atoms with van der Waals surface area (Å²) in [5, 5.41) is 0.758. The average molecular weight is 419 g/mol. The van der Waals surface area contributed by atoms with E-state index in [0.29, 0.717) is 0 Å². The van der Waals surface area contributed by atoms with Gasteiger partial charge in [0.1, 0.15) is 11.5 Å². The van der Waals surface area contributed by atoms with E-state index in [4.69, 9.17) is 16.3 Å². The van der Waals surface area contributed by atoms with Crippen molar-refractivity contribution in [3.05, 3.63) is 107 Å². The van der Waals surface area contributed by atoms with Gasteiger partial charge in [-0.2, -0.15) is 0 Å². The molecule has 0 radical (unpaired) electrons. The van der Waals surface area contributed by atoms with Gasteiger partial charge in [-0.05, 0) is 90.6 Å². The Morgan fingerprint density at radius 2 is 1.67 bits per heavy atom. The van der Waals surface area contributed by atoms with Crippen LogP contribution < -0.4 is 4.74 Å². The highest BCUT2D eigenvalue weighted by atomic mass is 35.5. The summed E-state index contributed by atoms with van der Waals surface area (Å²) < 4.78 is 6.04. The van der Waals surface area contributed by atoms with Crippen molar-refractivity contribution in [2.45, 2.75) is 51.9 Å². The van der Waals surface area contributed by atoms with Gasteiger partial charge in [-0.3, -0.25) is 0 Å². The summed E-state index contributed by atoms with van der Waals surface area (Å²) in [7, 11) is 0. The molecule has 0 aliphatic heterocycles. The minimum Gasteiger partial charge on any atom is -0.457 e. The van der Waals surface area contributed by atoms with Crippen LogP contribution in [-0.2, 0) is 18.3 Å². The second-order valence-electron chi connectivity index (χ2n) is 8.59. The normalized spacial score (nSPS) is 11.3. The fraction of sp³-hybridized carbons (Fsp3) is 0.286. The van der Waals surface area contributed by atoms with Gasteiger partial charge in [0.2, 0.25) is 0 Å². The average Bonchev–Trinajstić information content (AvgIpc) is 2.72. The molecule has 0 aliphatic rings. The van der Waals surface area contributed by atoms with Crippen LogP contribution in [0.15, 0.2) is 79.4 Å². The van der Waals surface area contributed by atoms with Crippen LogP contribution in [0.2, 0.25) is 5.02 Å². The third kappa shape index (κ3) is 6.00. The fourth-order valence-electron chi connectivity index (χ4n) is 3.72. The van der Waals surface area contributed by atoms with Crippen molar-refractivity contribution in [3.63, 3.8) is 0 Å². The topological polar surface area (TPSA) is 9.23 Å². The fourth-order valence-corrected chi connectivity index (χ4v) is 3.84. The first-order chi connectivity index (χ1) is 14.4. The Kier molecular flexibility index (Phi) is 7.39. The first-order valence-electron chi connectivity index (χ1n) is 10.6. The summed E-state index contributed by atoms with van der Waals surface area (Å²) in [5.74, 6) is 1.68. The smallest absolute Gasteiger partial charge is 0.127 e. The van der Waals surface area contributed by atoms with E-state index in [-0.39, 0.29) is 5.41 Å². The Morgan fingerprint density at radius 1 is 0.933 bits per heavy atom. The third-order valence-corrected chi connectivity index (χ3v) is 6.07. The van der Waals surface area contributed by atoms with Crippen molar-refractivity contribution in [1.82, 2.24) is 0 Å². The van der Waals surface area contributed by atoms with E-state index in [1.165, 1.54) is 16.7 Å². The van der Waals surface area contributed by atoms with Crippen LogP contribution in [0, 0.1) is 6.92 Å². The second kappa shape index (κ2) is 10.00. The number of rotatable bonds is 9. The van der Waals surface area contributed by atoms with Crippen LogP contribution in [-0.4, -0.2) is 0 Å². The molecule has 0 fully saturated rings. The lowest BCUT2D eigenvalue weighted by Crippen LogP contribution is -2.17. The van der Waals surface area contributed by atoms with Crippen molar-refractivity contribution >= 4 is 11.6 Å². The highest BCUT2D eigenvalue weighted by molar-refractivity contribution is 6.31. The summed E-state index contributed by atoms with van der Waals surface area (Å²) in [6.45, 7) is 10.5. The zero-order chi connectivity index (χ0) is 21.6. The largest absolute Gasteiger partial charge is 0.457 e. The van der Waals surface area contributed by atoms with Crippen molar-refractivity contribution in [1.29, 1.82) is 0 Å². The van der Waals surface area contributed by atoms with Crippen molar-refractivity contribution in [3.8, 4) is 11.5 Å². The van der Waals surface area contributed by atoms with Gasteiger partial charge in [-0.15, -0.1) is 6.58 Å². The molecule has 0 spiro atoms. The Labute approximate surface area is 186 Å². The lowest BCUT2D eigenvalue weighted by molar-refractivity contribution is 0.460. The molecule has 1 nitrogen and oxygen atoms in total. The third-order valence-electron chi connectivity index (χ3n) is 5.65. The van der Waals surface area contributed by atoms with Gasteiger partial charge in [0.05, 0.1) is 0 Å². The van der Waals surface area contributed by atoms with Gasteiger partial charge < -0.3 is 4.74 Å². The molecule has 0 saturated carbocycles. The summed E-state index contributed by atoms with van der Waals surface area (Å²) >= 11 is 6.11. The van der Waals surface area contributed by atoms with Crippen molar-refractivity contribution < 1.29 is 4.74 Å². The van der Waals surface area contributed by atoms with E-state index in [0.717, 1.165) is 47.8 Å². The molecule has 3 aromatic rings. The van der Waals surface area contributed by atoms with Crippen LogP contribution in [0.3, 0.4) is 0 Å². The minimum atomic E-state index is 0.154. The van der Waals surface area contributed by atoms with Crippen LogP contribution in [0.1, 0.15) is 48.9 Å². The van der Waals surface area contributed by atoms with Gasteiger partial charge in [0.25, 0.3) is 0 Å². The molecule has 0 amide bonds. The molecule has 3 aromatic carbocycles. The predicted molar refractivity (Wildman–Crippen MR) is 129 cm³/mol. The molecule has 0 heterocycles. The molecule has 0 aliphatic carbocycles. The Bertz CT molecular complexity index is 986. The Balaban J connectivity index is 1.58. The number of hydrogen-bond acceptors (Lipinski definition) is 1. The molecule has 156 valence electrons. The zero-order valence-corrected chi connectivity index (χ0v) is 19.0. The minimum absolute atomic E-state index is 0.154. The monoisotopic (exact) mass is 418 g/mol. The van der Waals surface area contributed by atoms with E-state index >= 15 is 0 Å². The lowest BCUT2D eigenvalue weighted by atomic mass is 9.79. The summed E-state index contributed by atoms with van der Waals surface area (Å²) in [4.78, 5) is 0.